The first-order valence-corrected chi connectivity index (χ1v) is 3.31. The monoisotopic (exact) mass is 187 g/mol. The average Bonchev–Trinajstić information content (AvgIpc) is 2.30. The van der Waals surface area contributed by atoms with Crippen molar-refractivity contribution < 1.29 is 66.3 Å². The number of carbonyl (C=O) groups excluding carboxylic acids is 2. The fourth-order valence-corrected chi connectivity index (χ4v) is 1.19. The summed E-state index contributed by atoms with van der Waals surface area (Å²) in [7, 11) is 0. The Labute approximate surface area is 112 Å². The van der Waals surface area contributed by atoms with Crippen molar-refractivity contribution in [3.05, 3.63) is 35.4 Å². The number of hydrogen-bond acceptors (Lipinski definition) is 2. The molecular formula is C8H6KNO2+2. The topological polar surface area (TPSA) is 50.8 Å². The largest absolute Gasteiger partial charge is 1.00 e. The minimum Gasteiger partial charge on any atom is -0.225 e. The second kappa shape index (κ2) is 3.91. The van der Waals surface area contributed by atoms with Gasteiger partial charge in [0.1, 0.15) is 0 Å². The predicted molar refractivity (Wildman–Crippen MR) is 37.0 cm³/mol. The van der Waals surface area contributed by atoms with Crippen LogP contribution in [0.25, 0.3) is 0 Å². The maximum Gasteiger partial charge on any atom is 1.00 e. The number of primary amides is 2. The van der Waals surface area contributed by atoms with Crippen LogP contribution >= 0.6 is 0 Å². The molecule has 1 aromatic carbocycles. The van der Waals surface area contributed by atoms with Crippen LogP contribution in [-0.4, -0.2) is 11.8 Å². The van der Waals surface area contributed by atoms with Crippen LogP contribution in [0.3, 0.4) is 0 Å². The summed E-state index contributed by atoms with van der Waals surface area (Å²) < 4.78 is 0. The number of quaternary nitrogens is 1. The summed E-state index contributed by atoms with van der Waals surface area (Å²) in [5.41, 5.74) is 1.05. The van der Waals surface area contributed by atoms with Gasteiger partial charge in [0, 0.05) is 0 Å². The van der Waals surface area contributed by atoms with Gasteiger partial charge in [-0.15, -0.1) is 0 Å². The molecule has 0 aromatic heterocycles. The Morgan fingerprint density at radius 1 is 0.917 bits per heavy atom. The van der Waals surface area contributed by atoms with Crippen LogP contribution in [0.1, 0.15) is 20.7 Å². The Bertz CT molecular complexity index is 316. The van der Waals surface area contributed by atoms with Gasteiger partial charge in [-0.1, -0.05) is 12.1 Å². The number of imide groups is 1. The second-order valence-corrected chi connectivity index (χ2v) is 2.42. The average molecular weight is 187 g/mol. The van der Waals surface area contributed by atoms with Crippen molar-refractivity contribution in [3.63, 3.8) is 0 Å². The van der Waals surface area contributed by atoms with Crippen molar-refractivity contribution in [1.82, 2.24) is 0 Å². The van der Waals surface area contributed by atoms with Gasteiger partial charge in [-0.2, -0.15) is 0 Å². The van der Waals surface area contributed by atoms with E-state index in [9.17, 15) is 9.59 Å². The minimum atomic E-state index is -0.175. The van der Waals surface area contributed by atoms with Crippen LogP contribution in [0.4, 0.5) is 0 Å². The summed E-state index contributed by atoms with van der Waals surface area (Å²) in [6.45, 7) is 0. The molecule has 0 unspecified atom stereocenters. The minimum absolute atomic E-state index is 0. The molecule has 2 amide bonds. The van der Waals surface area contributed by atoms with Crippen LogP contribution in [0.15, 0.2) is 24.3 Å². The van der Waals surface area contributed by atoms with Gasteiger partial charge in [0.2, 0.25) is 0 Å². The smallest absolute Gasteiger partial charge is 0.225 e. The normalized spacial score (nSPS) is 14.0. The second-order valence-electron chi connectivity index (χ2n) is 2.42. The summed E-state index contributed by atoms with van der Waals surface area (Å²) in [6, 6.07) is 6.84. The van der Waals surface area contributed by atoms with Crippen molar-refractivity contribution >= 4 is 11.8 Å². The molecule has 2 N–H and O–H groups in total. The van der Waals surface area contributed by atoms with E-state index in [0.717, 1.165) is 5.32 Å². The molecule has 0 saturated carbocycles. The van der Waals surface area contributed by atoms with Gasteiger partial charge in [-0.25, -0.2) is 14.9 Å². The Morgan fingerprint density at radius 3 is 1.75 bits per heavy atom. The molecule has 12 heavy (non-hydrogen) atoms. The molecule has 0 bridgehead atoms. The molecule has 0 saturated heterocycles. The first kappa shape index (κ1) is 10.2. The molecule has 1 aliphatic rings. The van der Waals surface area contributed by atoms with Crippen molar-refractivity contribution in [1.29, 1.82) is 0 Å². The third kappa shape index (κ3) is 1.59. The number of benzene rings is 1. The molecule has 4 heteroatoms. The van der Waals surface area contributed by atoms with E-state index in [1.165, 1.54) is 0 Å². The van der Waals surface area contributed by atoms with Gasteiger partial charge in [-0.05, 0) is 12.1 Å². The summed E-state index contributed by atoms with van der Waals surface area (Å²) in [4.78, 5) is 22.0. The zero-order valence-electron chi connectivity index (χ0n) is 6.70. The fraction of sp³-hybridized carbons (Fsp3) is 0. The van der Waals surface area contributed by atoms with E-state index in [1.54, 1.807) is 24.3 Å². The third-order valence-corrected chi connectivity index (χ3v) is 1.72. The van der Waals surface area contributed by atoms with Crippen LogP contribution < -0.4 is 56.7 Å². The number of amides is 2. The van der Waals surface area contributed by atoms with E-state index in [0.29, 0.717) is 11.1 Å². The summed E-state index contributed by atoms with van der Waals surface area (Å²) in [5, 5.41) is 1.13. The fourth-order valence-electron chi connectivity index (χ4n) is 1.19. The maximum absolute atomic E-state index is 11.0. The number of nitrogens with two attached hydrogens (primary N) is 1. The Kier molecular flexibility index (Phi) is 3.34. The molecule has 3 nitrogen and oxygen atoms in total. The predicted octanol–water partition coefficient (Wildman–Crippen LogP) is -3.45. The number of fused-ring (bicyclic) bond motifs is 1. The third-order valence-electron chi connectivity index (χ3n) is 1.72. The summed E-state index contributed by atoms with van der Waals surface area (Å²) >= 11 is 0. The molecule has 0 spiro atoms. The first-order chi connectivity index (χ1) is 5.29. The standard InChI is InChI=1S/C8H5NO2.K/c10-7-5-3-1-2-4-6(5)8(11)9-7;/h1-4H,(H,9,10,11);/q;+1/p+1. The Morgan fingerprint density at radius 2 is 1.33 bits per heavy atom. The molecule has 2 rings (SSSR count). The van der Waals surface area contributed by atoms with Crippen molar-refractivity contribution in [2.45, 2.75) is 0 Å². The van der Waals surface area contributed by atoms with E-state index in [-0.39, 0.29) is 63.2 Å². The first-order valence-electron chi connectivity index (χ1n) is 3.31. The Balaban J connectivity index is 0.000000720. The van der Waals surface area contributed by atoms with E-state index < -0.39 is 0 Å². The number of rotatable bonds is 0. The van der Waals surface area contributed by atoms with Crippen molar-refractivity contribution in [2.24, 2.45) is 0 Å². The van der Waals surface area contributed by atoms with Crippen LogP contribution in [0.5, 0.6) is 0 Å². The van der Waals surface area contributed by atoms with Gasteiger partial charge in [0.25, 0.3) is 0 Å². The zero-order valence-corrected chi connectivity index (χ0v) is 9.83. The zero-order chi connectivity index (χ0) is 7.84. The van der Waals surface area contributed by atoms with Crippen LogP contribution in [0.2, 0.25) is 0 Å². The van der Waals surface area contributed by atoms with Gasteiger partial charge in [0.15, 0.2) is 0 Å². The molecule has 0 radical (unpaired) electrons. The molecule has 1 heterocycles. The maximum atomic E-state index is 11.0. The summed E-state index contributed by atoms with van der Waals surface area (Å²) in [6.07, 6.45) is 0. The van der Waals surface area contributed by atoms with E-state index in [2.05, 4.69) is 0 Å². The molecule has 1 aromatic rings. The van der Waals surface area contributed by atoms with Crippen molar-refractivity contribution in [3.8, 4) is 0 Å². The van der Waals surface area contributed by atoms with Gasteiger partial charge in [0.05, 0.1) is 11.1 Å². The molecule has 0 fully saturated rings. The van der Waals surface area contributed by atoms with E-state index >= 15 is 0 Å². The van der Waals surface area contributed by atoms with Gasteiger partial charge in [-0.3, -0.25) is 0 Å². The van der Waals surface area contributed by atoms with E-state index in [1.807, 2.05) is 0 Å². The SMILES string of the molecule is O=C1[NH2+]C(=O)c2ccccc21.[K+]. The quantitative estimate of drug-likeness (QED) is 0.339. The van der Waals surface area contributed by atoms with Crippen LogP contribution in [-0.2, 0) is 0 Å². The summed E-state index contributed by atoms with van der Waals surface area (Å²) in [5.74, 6) is -0.351. The molecule has 54 valence electrons. The molecule has 0 aliphatic carbocycles. The molecular weight excluding hydrogens is 181 g/mol. The van der Waals surface area contributed by atoms with Gasteiger partial charge < -0.3 is 0 Å². The Hall–Kier alpha value is 0.156. The molecule has 1 aliphatic heterocycles. The van der Waals surface area contributed by atoms with Gasteiger partial charge >= 0.3 is 63.2 Å². The molecule has 0 atom stereocenters. The van der Waals surface area contributed by atoms with Crippen molar-refractivity contribution in [2.75, 3.05) is 0 Å². The number of carbonyl (C=O) groups is 2. The van der Waals surface area contributed by atoms with Crippen LogP contribution in [0, 0.1) is 0 Å². The number of hydrogen-bond donors (Lipinski definition) is 1. The van der Waals surface area contributed by atoms with E-state index in [4.69, 9.17) is 0 Å².